The van der Waals surface area contributed by atoms with Crippen molar-refractivity contribution in [3.05, 3.63) is 63.6 Å². The van der Waals surface area contributed by atoms with Crippen LogP contribution in [0.4, 0.5) is 0 Å². The minimum absolute atomic E-state index is 0. The van der Waals surface area contributed by atoms with Gasteiger partial charge in [-0.25, -0.2) is 0 Å². The fraction of sp³-hybridized carbons (Fsp3) is 0.0714. The van der Waals surface area contributed by atoms with Crippen LogP contribution in [-0.4, -0.2) is 5.52 Å². The summed E-state index contributed by atoms with van der Waals surface area (Å²) in [5.74, 6) is 0. The minimum Gasteiger partial charge on any atom is -0.426 e. The maximum Gasteiger partial charge on any atom is 1.00 e. The maximum absolute atomic E-state index is 12.2. The summed E-state index contributed by atoms with van der Waals surface area (Å²) in [6.07, 6.45) is 0. The zero-order valence-corrected chi connectivity index (χ0v) is 13.1. The molecule has 0 saturated carbocycles. The molecule has 0 amide bonds. The third kappa shape index (κ3) is 4.35. The van der Waals surface area contributed by atoms with Crippen molar-refractivity contribution in [2.75, 3.05) is 0 Å². The minimum atomic E-state index is -0.0885. The van der Waals surface area contributed by atoms with Crippen LogP contribution in [0.2, 0.25) is 10.0 Å². The van der Waals surface area contributed by atoms with E-state index in [1.807, 2.05) is 31.2 Å². The Morgan fingerprint density at radius 1 is 1.00 bits per heavy atom. The molecule has 19 heavy (non-hydrogen) atoms. The molecule has 0 saturated heterocycles. The molecule has 2 rings (SSSR count). The summed E-state index contributed by atoms with van der Waals surface area (Å²) < 4.78 is 0. The molecule has 2 aromatic carbocycles. The van der Waals surface area contributed by atoms with Gasteiger partial charge < -0.3 is 13.4 Å². The van der Waals surface area contributed by atoms with Gasteiger partial charge in [0.05, 0.1) is 10.0 Å². The summed E-state index contributed by atoms with van der Waals surface area (Å²) in [4.78, 5) is 12.2. The summed E-state index contributed by atoms with van der Waals surface area (Å²) >= 11 is 12.0. The topological polar surface area (TPSA) is 17.1 Å². The third-order valence-corrected chi connectivity index (χ3v) is 4.05. The molecular weight excluding hydrogens is 293 g/mol. The third-order valence-electron chi connectivity index (χ3n) is 2.44. The van der Waals surface area contributed by atoms with E-state index in [0.29, 0.717) is 24.2 Å². The Morgan fingerprint density at radius 3 is 2.05 bits per heavy atom. The second-order valence-corrected chi connectivity index (χ2v) is 5.81. The van der Waals surface area contributed by atoms with Crippen LogP contribution in [0.5, 0.6) is 0 Å². The van der Waals surface area contributed by atoms with Gasteiger partial charge in [0.25, 0.3) is 0 Å². The van der Waals surface area contributed by atoms with Crippen molar-refractivity contribution in [2.24, 2.45) is 0 Å². The first-order valence-electron chi connectivity index (χ1n) is 5.34. The van der Waals surface area contributed by atoms with Crippen LogP contribution < -0.4 is 24.2 Å². The van der Waals surface area contributed by atoms with Gasteiger partial charge in [-0.2, -0.15) is 5.30 Å². The zero-order chi connectivity index (χ0) is 13.1. The Hall–Kier alpha value is -0.283. The number of aryl methyl sites for hydroxylation is 1. The fourth-order valence-corrected chi connectivity index (χ4v) is 3.08. The van der Waals surface area contributed by atoms with Crippen LogP contribution >= 0.6 is 31.8 Å². The van der Waals surface area contributed by atoms with E-state index in [4.69, 9.17) is 23.2 Å². The number of carbonyl (C=O) groups is 1. The summed E-state index contributed by atoms with van der Waals surface area (Å²) in [5.41, 5.74) is 1.47. The second kappa shape index (κ2) is 7.49. The number of hydrogen-bond acceptors (Lipinski definition) is 1. The SMILES string of the molecule is Cc1ccc([P-]C(=O)c2c(Cl)cccc2Cl)cc1.[Li+]. The van der Waals surface area contributed by atoms with Crippen LogP contribution in [0.1, 0.15) is 15.9 Å². The van der Waals surface area contributed by atoms with Crippen molar-refractivity contribution in [2.45, 2.75) is 6.92 Å². The molecule has 0 spiro atoms. The van der Waals surface area contributed by atoms with Crippen LogP contribution in [0.15, 0.2) is 42.5 Å². The standard InChI is InChI=1S/C14H10Cl2OP.Li/c1-9-5-7-10(8-6-9)18-14(17)13-11(15)3-2-4-12(13)16;/h2-8H,1H3;/q-1;+1. The van der Waals surface area contributed by atoms with Crippen LogP contribution in [0.3, 0.4) is 0 Å². The van der Waals surface area contributed by atoms with E-state index in [2.05, 4.69) is 0 Å². The molecule has 0 aromatic heterocycles. The Kier molecular flexibility index (Phi) is 6.61. The molecule has 0 fully saturated rings. The summed E-state index contributed by atoms with van der Waals surface area (Å²) in [5, 5.41) is 1.72. The molecule has 5 heteroatoms. The second-order valence-electron chi connectivity index (χ2n) is 3.85. The van der Waals surface area contributed by atoms with Crippen LogP contribution in [0, 0.1) is 6.92 Å². The fourth-order valence-electron chi connectivity index (χ4n) is 1.49. The molecular formula is C14H10Cl2LiOP. The first-order valence-corrected chi connectivity index (χ1v) is 7.00. The Labute approximate surface area is 136 Å². The maximum atomic E-state index is 12.2. The van der Waals surface area contributed by atoms with Gasteiger partial charge in [-0.05, 0) is 19.1 Å². The van der Waals surface area contributed by atoms with E-state index in [0.717, 1.165) is 10.9 Å². The number of hydrogen-bond donors (Lipinski definition) is 0. The first-order chi connectivity index (χ1) is 8.58. The Balaban J connectivity index is 0.00000180. The van der Waals surface area contributed by atoms with Crippen LogP contribution in [-0.2, 0) is 0 Å². The molecule has 0 atom stereocenters. The van der Waals surface area contributed by atoms with Crippen molar-refractivity contribution < 1.29 is 23.7 Å². The summed E-state index contributed by atoms with van der Waals surface area (Å²) in [7, 11) is 0.581. The van der Waals surface area contributed by atoms with Gasteiger partial charge in [-0.15, -0.1) is 0 Å². The van der Waals surface area contributed by atoms with E-state index in [1.54, 1.807) is 18.2 Å². The van der Waals surface area contributed by atoms with Gasteiger partial charge in [0.2, 0.25) is 0 Å². The summed E-state index contributed by atoms with van der Waals surface area (Å²) in [6, 6.07) is 12.9. The van der Waals surface area contributed by atoms with Crippen molar-refractivity contribution >= 4 is 42.6 Å². The van der Waals surface area contributed by atoms with E-state index < -0.39 is 0 Å². The number of carbonyl (C=O) groups excluding carboxylic acids is 1. The average molecular weight is 303 g/mol. The number of halogens is 2. The van der Waals surface area contributed by atoms with E-state index in [1.165, 1.54) is 0 Å². The quantitative estimate of drug-likeness (QED) is 0.623. The van der Waals surface area contributed by atoms with Crippen molar-refractivity contribution in [3.8, 4) is 0 Å². The largest absolute Gasteiger partial charge is 1.00 e. The van der Waals surface area contributed by atoms with E-state index in [-0.39, 0.29) is 24.4 Å². The van der Waals surface area contributed by atoms with Crippen molar-refractivity contribution in [1.82, 2.24) is 0 Å². The van der Waals surface area contributed by atoms with Crippen molar-refractivity contribution in [3.63, 3.8) is 0 Å². The Morgan fingerprint density at radius 2 is 1.53 bits per heavy atom. The predicted octanol–water partition coefficient (Wildman–Crippen LogP) is 1.72. The van der Waals surface area contributed by atoms with Gasteiger partial charge >= 0.3 is 18.9 Å². The van der Waals surface area contributed by atoms with Gasteiger partial charge in [-0.3, -0.25) is 0 Å². The molecule has 0 bridgehead atoms. The van der Waals surface area contributed by atoms with Gasteiger partial charge in [0.1, 0.15) is 0 Å². The molecule has 2 aromatic rings. The molecule has 92 valence electrons. The number of benzene rings is 2. The molecule has 0 N–H and O–H groups in total. The van der Waals surface area contributed by atoms with Crippen LogP contribution in [0.25, 0.3) is 0 Å². The van der Waals surface area contributed by atoms with Gasteiger partial charge in [-0.1, -0.05) is 59.1 Å². The van der Waals surface area contributed by atoms with E-state index in [9.17, 15) is 4.79 Å². The molecule has 0 heterocycles. The van der Waals surface area contributed by atoms with Gasteiger partial charge in [0, 0.05) is 11.1 Å². The molecule has 1 nitrogen and oxygen atoms in total. The van der Waals surface area contributed by atoms with Crippen molar-refractivity contribution in [1.29, 1.82) is 0 Å². The first kappa shape index (κ1) is 16.8. The Bertz CT molecular complexity index is 564. The normalized spacial score (nSPS) is 10.5. The molecule has 0 unspecified atom stereocenters. The average Bonchev–Trinajstić information content (AvgIpc) is 2.32. The molecule has 0 radical (unpaired) electrons. The number of rotatable bonds is 3. The zero-order valence-electron chi connectivity index (χ0n) is 10.7. The predicted molar refractivity (Wildman–Crippen MR) is 78.5 cm³/mol. The molecule has 0 aliphatic rings. The van der Waals surface area contributed by atoms with E-state index >= 15 is 0 Å². The molecule has 0 aliphatic carbocycles. The smallest absolute Gasteiger partial charge is 0.426 e. The monoisotopic (exact) mass is 302 g/mol. The molecule has 0 aliphatic heterocycles. The van der Waals surface area contributed by atoms with Gasteiger partial charge in [0.15, 0.2) is 0 Å². The summed E-state index contributed by atoms with van der Waals surface area (Å²) in [6.45, 7) is 2.01.